The van der Waals surface area contributed by atoms with Gasteiger partial charge in [-0.1, -0.05) is 22.0 Å². The maximum absolute atomic E-state index is 13.1. The molecule has 1 aromatic rings. The molecule has 0 unspecified atom stereocenters. The van der Waals surface area contributed by atoms with Crippen molar-refractivity contribution in [3.05, 3.63) is 40.7 Å². The lowest BCUT2D eigenvalue weighted by molar-refractivity contribution is -0.222. The molecule has 20 heavy (non-hydrogen) atoms. The predicted octanol–water partition coefficient (Wildman–Crippen LogP) is 2.94. The van der Waals surface area contributed by atoms with Crippen molar-refractivity contribution in [2.24, 2.45) is 0 Å². The summed E-state index contributed by atoms with van der Waals surface area (Å²) < 4.78 is 23.1. The summed E-state index contributed by atoms with van der Waals surface area (Å²) in [6.07, 6.45) is 1.34. The monoisotopic (exact) mass is 342 g/mol. The first-order valence-corrected chi connectivity index (χ1v) is 6.97. The molecule has 0 spiro atoms. The van der Waals surface area contributed by atoms with Crippen LogP contribution in [-0.2, 0) is 24.4 Å². The second kappa shape index (κ2) is 5.36. The van der Waals surface area contributed by atoms with Crippen molar-refractivity contribution in [3.63, 3.8) is 0 Å². The molecule has 1 aromatic carbocycles. The first kappa shape index (κ1) is 14.7. The Balaban J connectivity index is 2.41. The van der Waals surface area contributed by atoms with Gasteiger partial charge in [0.1, 0.15) is 11.4 Å². The fourth-order valence-corrected chi connectivity index (χ4v) is 2.25. The number of hydrogen-bond donors (Lipinski definition) is 0. The Morgan fingerprint density at radius 3 is 2.40 bits per heavy atom. The van der Waals surface area contributed by atoms with Crippen molar-refractivity contribution in [2.75, 3.05) is 0 Å². The molecule has 0 amide bonds. The lowest BCUT2D eigenvalue weighted by Gasteiger charge is -2.29. The number of alkyl halides is 1. The van der Waals surface area contributed by atoms with Crippen molar-refractivity contribution < 1.29 is 23.5 Å². The number of hydrogen-bond acceptors (Lipinski definition) is 4. The van der Waals surface area contributed by atoms with Crippen LogP contribution in [0.2, 0.25) is 0 Å². The van der Waals surface area contributed by atoms with Gasteiger partial charge in [0.25, 0.3) is 5.79 Å². The quantitative estimate of drug-likeness (QED) is 0.359. The summed E-state index contributed by atoms with van der Waals surface area (Å²) in [5.74, 6) is -3.17. The summed E-state index contributed by atoms with van der Waals surface area (Å²) in [5, 5.41) is 0.388. The molecular weight excluding hydrogens is 331 g/mol. The maximum Gasteiger partial charge on any atom is 0.348 e. The second-order valence-corrected chi connectivity index (χ2v) is 5.27. The third-order valence-corrected chi connectivity index (χ3v) is 3.27. The minimum absolute atomic E-state index is 0.210. The van der Waals surface area contributed by atoms with Crippen LogP contribution < -0.4 is 0 Å². The molecule has 4 nitrogen and oxygen atoms in total. The number of rotatable bonds is 2. The molecule has 0 radical (unpaired) electrons. The van der Waals surface area contributed by atoms with Crippen LogP contribution in [0.3, 0.4) is 0 Å². The first-order valence-electron chi connectivity index (χ1n) is 5.85. The predicted molar refractivity (Wildman–Crippen MR) is 73.3 cm³/mol. The molecule has 0 saturated carbocycles. The highest BCUT2D eigenvalue weighted by Crippen LogP contribution is 2.25. The summed E-state index contributed by atoms with van der Waals surface area (Å²) in [4.78, 5) is 23.6. The van der Waals surface area contributed by atoms with Crippen molar-refractivity contribution in [3.8, 4) is 0 Å². The molecule has 0 N–H and O–H groups in total. The fraction of sp³-hybridized carbons (Fsp3) is 0.286. The lowest BCUT2D eigenvalue weighted by atomic mass is 10.0. The third-order valence-electron chi connectivity index (χ3n) is 2.67. The number of carbonyl (C=O) groups is 2. The van der Waals surface area contributed by atoms with Gasteiger partial charge in [-0.3, -0.25) is 0 Å². The van der Waals surface area contributed by atoms with Crippen molar-refractivity contribution in [1.82, 2.24) is 0 Å². The van der Waals surface area contributed by atoms with E-state index >= 15 is 0 Å². The van der Waals surface area contributed by atoms with Gasteiger partial charge in [0.05, 0.1) is 0 Å². The third kappa shape index (κ3) is 3.07. The zero-order valence-electron chi connectivity index (χ0n) is 10.9. The fourth-order valence-electron chi connectivity index (χ4n) is 1.76. The van der Waals surface area contributed by atoms with Gasteiger partial charge in [-0.25, -0.2) is 14.0 Å². The van der Waals surface area contributed by atoms with E-state index in [2.05, 4.69) is 15.9 Å². The summed E-state index contributed by atoms with van der Waals surface area (Å²) in [6, 6.07) is 4.06. The molecule has 1 aliphatic rings. The second-order valence-electron chi connectivity index (χ2n) is 4.71. The van der Waals surface area contributed by atoms with Gasteiger partial charge in [-0.2, -0.15) is 0 Å². The van der Waals surface area contributed by atoms with Crippen molar-refractivity contribution in [2.45, 2.75) is 25.0 Å². The van der Waals surface area contributed by atoms with Gasteiger partial charge in [-0.05, 0) is 29.3 Å². The van der Waals surface area contributed by atoms with E-state index in [9.17, 15) is 14.0 Å². The van der Waals surface area contributed by atoms with E-state index in [0.29, 0.717) is 16.5 Å². The van der Waals surface area contributed by atoms with Gasteiger partial charge in [-0.15, -0.1) is 0 Å². The first-order chi connectivity index (χ1) is 9.32. The molecule has 1 aliphatic heterocycles. The topological polar surface area (TPSA) is 52.6 Å². The smallest absolute Gasteiger partial charge is 0.348 e. The highest BCUT2D eigenvalue weighted by Gasteiger charge is 2.38. The highest BCUT2D eigenvalue weighted by atomic mass is 79.9. The molecule has 0 aromatic heterocycles. The summed E-state index contributed by atoms with van der Waals surface area (Å²) in [7, 11) is 0. The van der Waals surface area contributed by atoms with Gasteiger partial charge >= 0.3 is 11.9 Å². The maximum atomic E-state index is 13.1. The Kier molecular flexibility index (Phi) is 3.94. The normalized spacial score (nSPS) is 17.5. The Labute approximate surface area is 123 Å². The Morgan fingerprint density at radius 2 is 1.85 bits per heavy atom. The van der Waals surface area contributed by atoms with Crippen LogP contribution in [0, 0.1) is 5.82 Å². The zero-order chi connectivity index (χ0) is 14.9. The molecule has 2 rings (SSSR count). The largest absolute Gasteiger partial charge is 0.419 e. The van der Waals surface area contributed by atoms with Crippen LogP contribution in [0.1, 0.15) is 25.0 Å². The minimum Gasteiger partial charge on any atom is -0.419 e. The highest BCUT2D eigenvalue weighted by molar-refractivity contribution is 9.08. The van der Waals surface area contributed by atoms with Gasteiger partial charge in [0.2, 0.25) is 0 Å². The lowest BCUT2D eigenvalue weighted by Crippen LogP contribution is -2.41. The van der Waals surface area contributed by atoms with Crippen LogP contribution in [0.4, 0.5) is 4.39 Å². The van der Waals surface area contributed by atoms with Crippen LogP contribution in [0.15, 0.2) is 23.8 Å². The standard InChI is InChI=1S/C14H12BrFO4/c1-14(2)19-12(17)11(13(18)20-14)6-8-3-4-10(16)5-9(8)7-15/h3-6H,7H2,1-2H3. The Hall–Kier alpha value is -1.69. The Bertz CT molecular complexity index is 585. The number of halogens is 2. The molecule has 0 bridgehead atoms. The summed E-state index contributed by atoms with van der Waals surface area (Å²) in [5.41, 5.74) is 0.952. The summed E-state index contributed by atoms with van der Waals surface area (Å²) in [6.45, 7) is 2.95. The molecule has 1 fully saturated rings. The van der Waals surface area contributed by atoms with Gasteiger partial charge < -0.3 is 9.47 Å². The number of ether oxygens (including phenoxy) is 2. The van der Waals surface area contributed by atoms with Crippen LogP contribution >= 0.6 is 15.9 Å². The van der Waals surface area contributed by atoms with Gasteiger partial charge in [0.15, 0.2) is 0 Å². The van der Waals surface area contributed by atoms with E-state index in [1.165, 1.54) is 38.1 Å². The van der Waals surface area contributed by atoms with Crippen LogP contribution in [0.5, 0.6) is 0 Å². The number of benzene rings is 1. The van der Waals surface area contributed by atoms with E-state index in [1.54, 1.807) is 0 Å². The van der Waals surface area contributed by atoms with E-state index in [0.717, 1.165) is 0 Å². The average Bonchev–Trinajstić information content (AvgIpc) is 2.34. The average molecular weight is 343 g/mol. The molecule has 0 atom stereocenters. The van der Waals surface area contributed by atoms with E-state index in [-0.39, 0.29) is 5.57 Å². The molecule has 0 aliphatic carbocycles. The van der Waals surface area contributed by atoms with Crippen molar-refractivity contribution >= 4 is 33.9 Å². The van der Waals surface area contributed by atoms with Crippen LogP contribution in [-0.4, -0.2) is 17.7 Å². The Morgan fingerprint density at radius 1 is 1.25 bits per heavy atom. The van der Waals surface area contributed by atoms with Crippen LogP contribution in [0.25, 0.3) is 6.08 Å². The minimum atomic E-state index is -1.27. The number of carbonyl (C=O) groups excluding carboxylic acids is 2. The molecule has 1 heterocycles. The van der Waals surface area contributed by atoms with Gasteiger partial charge in [0, 0.05) is 19.2 Å². The summed E-state index contributed by atoms with van der Waals surface area (Å²) >= 11 is 3.23. The number of cyclic esters (lactones) is 2. The molecule has 1 saturated heterocycles. The van der Waals surface area contributed by atoms with Crippen molar-refractivity contribution in [1.29, 1.82) is 0 Å². The zero-order valence-corrected chi connectivity index (χ0v) is 12.5. The van der Waals surface area contributed by atoms with E-state index < -0.39 is 23.5 Å². The molecule has 6 heteroatoms. The van der Waals surface area contributed by atoms with E-state index in [4.69, 9.17) is 9.47 Å². The molecular formula is C14H12BrFO4. The SMILES string of the molecule is CC1(C)OC(=O)C(=Cc2ccc(F)cc2CBr)C(=O)O1. The van der Waals surface area contributed by atoms with E-state index in [1.807, 2.05) is 0 Å². The molecule has 106 valence electrons. The number of esters is 2.